The van der Waals surface area contributed by atoms with Gasteiger partial charge in [-0.05, 0) is 31.7 Å². The van der Waals surface area contributed by atoms with Gasteiger partial charge in [0.05, 0.1) is 6.61 Å². The quantitative estimate of drug-likeness (QED) is 0.0409. The van der Waals surface area contributed by atoms with E-state index in [1.54, 1.807) is 13.8 Å². The molecule has 6 nitrogen and oxygen atoms in total. The van der Waals surface area contributed by atoms with Crippen LogP contribution in [0.25, 0.3) is 0 Å². The molecule has 0 radical (unpaired) electrons. The van der Waals surface area contributed by atoms with Crippen molar-refractivity contribution in [2.75, 3.05) is 6.61 Å². The maximum atomic E-state index is 11.5. The molecule has 0 bridgehead atoms. The van der Waals surface area contributed by atoms with Crippen molar-refractivity contribution in [3.05, 3.63) is 0 Å². The molecule has 0 heterocycles. The Morgan fingerprint density at radius 1 is 0.543 bits per heavy atom. The molecule has 0 aliphatic heterocycles. The van der Waals surface area contributed by atoms with E-state index < -0.39 is 17.5 Å². The summed E-state index contributed by atoms with van der Waals surface area (Å²) >= 11 is 0. The molecule has 0 aromatic heterocycles. The fraction of sp³-hybridized carbons (Fsp3) is 0.931. The topological polar surface area (TPSA) is 71.1 Å². The van der Waals surface area contributed by atoms with Gasteiger partial charge in [-0.25, -0.2) is 9.59 Å². The molecule has 0 unspecified atom stereocenters. The Bertz CT molecular complexity index is 492. The van der Waals surface area contributed by atoms with Crippen LogP contribution in [-0.2, 0) is 29.1 Å². The van der Waals surface area contributed by atoms with E-state index in [0.717, 1.165) is 19.3 Å². The smallest absolute Gasteiger partial charge is 0.453 e. The second-order valence-electron chi connectivity index (χ2n) is 10.5. The first-order valence-electron chi connectivity index (χ1n) is 14.7. The summed E-state index contributed by atoms with van der Waals surface area (Å²) in [5.41, 5.74) is -0.601. The van der Waals surface area contributed by atoms with Crippen molar-refractivity contribution >= 4 is 11.9 Å². The van der Waals surface area contributed by atoms with Crippen LogP contribution in [0.4, 0.5) is 0 Å². The van der Waals surface area contributed by atoms with Gasteiger partial charge in [-0.1, -0.05) is 136 Å². The lowest BCUT2D eigenvalue weighted by Gasteiger charge is -2.19. The highest BCUT2D eigenvalue weighted by Gasteiger charge is 2.22. The van der Waals surface area contributed by atoms with Gasteiger partial charge in [0.25, 0.3) is 0 Å². The standard InChI is InChI=1S/C29H56O6/c1-5-7-8-9-10-11-12-13-14-15-16-17-18-19-20-21-22-23-24-25-26-32-27(30)28(31)33-35-34-29(3,4)6-2/h5-26H2,1-4H3. The molecule has 0 aromatic rings. The van der Waals surface area contributed by atoms with Crippen LogP contribution >= 0.6 is 0 Å². The Labute approximate surface area is 216 Å². The average molecular weight is 501 g/mol. The Kier molecular flexibility index (Phi) is 23.8. The number of hydrogen-bond acceptors (Lipinski definition) is 6. The van der Waals surface area contributed by atoms with Crippen LogP contribution in [0.5, 0.6) is 0 Å². The SMILES string of the molecule is CCCCCCCCCCCCCCCCCCCCCCOC(=O)C(=O)OOOC(C)(C)CC. The van der Waals surface area contributed by atoms with Crippen LogP contribution in [0.2, 0.25) is 0 Å². The molecule has 0 N–H and O–H groups in total. The minimum atomic E-state index is -1.20. The number of carbonyl (C=O) groups excluding carboxylic acids is 2. The van der Waals surface area contributed by atoms with E-state index in [2.05, 4.69) is 16.8 Å². The lowest BCUT2D eigenvalue weighted by molar-refractivity contribution is -0.515. The summed E-state index contributed by atoms with van der Waals surface area (Å²) in [5, 5.41) is 4.37. The number of ether oxygens (including phenoxy) is 1. The van der Waals surface area contributed by atoms with E-state index >= 15 is 0 Å². The van der Waals surface area contributed by atoms with Crippen LogP contribution in [0.3, 0.4) is 0 Å². The largest absolute Gasteiger partial charge is 0.457 e. The minimum Gasteiger partial charge on any atom is -0.457 e. The Balaban J connectivity index is 3.28. The second kappa shape index (κ2) is 24.5. The van der Waals surface area contributed by atoms with Crippen molar-refractivity contribution in [3.8, 4) is 0 Å². The fourth-order valence-corrected chi connectivity index (χ4v) is 3.81. The summed E-state index contributed by atoms with van der Waals surface area (Å²) < 4.78 is 4.90. The highest BCUT2D eigenvalue weighted by Crippen LogP contribution is 2.15. The number of unbranched alkanes of at least 4 members (excludes halogenated alkanes) is 19. The first-order valence-corrected chi connectivity index (χ1v) is 14.7. The van der Waals surface area contributed by atoms with Crippen molar-refractivity contribution in [2.24, 2.45) is 0 Å². The zero-order valence-corrected chi connectivity index (χ0v) is 23.5. The fourth-order valence-electron chi connectivity index (χ4n) is 3.81. The molecule has 0 aliphatic rings. The molecule has 6 heteroatoms. The first-order chi connectivity index (χ1) is 16.9. The van der Waals surface area contributed by atoms with E-state index in [1.165, 1.54) is 109 Å². The van der Waals surface area contributed by atoms with Gasteiger partial charge < -0.3 is 4.74 Å². The number of carbonyl (C=O) groups is 2. The first kappa shape index (κ1) is 33.9. The zero-order valence-electron chi connectivity index (χ0n) is 23.5. The highest BCUT2D eigenvalue weighted by atomic mass is 17.5. The van der Waals surface area contributed by atoms with E-state index in [4.69, 9.17) is 9.62 Å². The normalized spacial score (nSPS) is 11.5. The van der Waals surface area contributed by atoms with E-state index in [9.17, 15) is 9.59 Å². The summed E-state index contributed by atoms with van der Waals surface area (Å²) in [6.45, 7) is 7.95. The third-order valence-electron chi connectivity index (χ3n) is 6.62. The third kappa shape index (κ3) is 24.3. The molecule has 0 saturated carbocycles. The van der Waals surface area contributed by atoms with E-state index in [-0.39, 0.29) is 6.61 Å². The Morgan fingerprint density at radius 2 is 0.914 bits per heavy atom. The van der Waals surface area contributed by atoms with Crippen LogP contribution in [0, 0.1) is 0 Å². The number of hydrogen-bond donors (Lipinski definition) is 0. The Hall–Kier alpha value is -1.14. The molecule has 0 aromatic carbocycles. The number of rotatable bonds is 25. The maximum absolute atomic E-state index is 11.5. The van der Waals surface area contributed by atoms with Crippen LogP contribution in [-0.4, -0.2) is 24.1 Å². The monoisotopic (exact) mass is 500 g/mol. The van der Waals surface area contributed by atoms with Crippen LogP contribution in [0.1, 0.15) is 163 Å². The molecule has 0 rings (SSSR count). The molecule has 35 heavy (non-hydrogen) atoms. The van der Waals surface area contributed by atoms with Gasteiger partial charge in [0, 0.05) is 0 Å². The van der Waals surface area contributed by atoms with Gasteiger partial charge in [0.1, 0.15) is 5.60 Å². The third-order valence-corrected chi connectivity index (χ3v) is 6.62. The summed E-state index contributed by atoms with van der Waals surface area (Å²) in [7, 11) is 0. The van der Waals surface area contributed by atoms with Crippen LogP contribution in [0.15, 0.2) is 0 Å². The van der Waals surface area contributed by atoms with Gasteiger partial charge in [-0.15, -0.1) is 0 Å². The van der Waals surface area contributed by atoms with Crippen molar-refractivity contribution in [1.82, 2.24) is 0 Å². The predicted molar refractivity (Wildman–Crippen MR) is 142 cm³/mol. The molecule has 0 saturated heterocycles. The average Bonchev–Trinajstić information content (AvgIpc) is 2.84. The maximum Gasteiger partial charge on any atom is 0.453 e. The van der Waals surface area contributed by atoms with E-state index in [1.807, 2.05) is 6.92 Å². The minimum absolute atomic E-state index is 0.216. The molecule has 0 aliphatic carbocycles. The molecular weight excluding hydrogens is 444 g/mol. The summed E-state index contributed by atoms with van der Waals surface area (Å²) in [6, 6.07) is 0. The Morgan fingerprint density at radius 3 is 1.29 bits per heavy atom. The summed E-state index contributed by atoms with van der Waals surface area (Å²) in [5.74, 6) is -2.26. The lowest BCUT2D eigenvalue weighted by atomic mass is 10.0. The molecular formula is C29H56O6. The molecule has 208 valence electrons. The van der Waals surface area contributed by atoms with Crippen molar-refractivity contribution < 1.29 is 29.1 Å². The van der Waals surface area contributed by atoms with Crippen molar-refractivity contribution in [3.63, 3.8) is 0 Å². The van der Waals surface area contributed by atoms with Gasteiger partial charge >= 0.3 is 11.9 Å². The molecule has 0 amide bonds. The van der Waals surface area contributed by atoms with Crippen LogP contribution < -0.4 is 0 Å². The lowest BCUT2D eigenvalue weighted by Crippen LogP contribution is -2.26. The van der Waals surface area contributed by atoms with Gasteiger partial charge in [0.15, 0.2) is 0 Å². The second-order valence-corrected chi connectivity index (χ2v) is 10.5. The summed E-state index contributed by atoms with van der Waals surface area (Å²) in [6.07, 6.45) is 27.0. The zero-order chi connectivity index (χ0) is 26.0. The van der Waals surface area contributed by atoms with Gasteiger partial charge in [0.2, 0.25) is 0 Å². The molecule has 0 spiro atoms. The van der Waals surface area contributed by atoms with Gasteiger partial charge in [-0.3, -0.25) is 4.89 Å². The number of esters is 1. The highest BCUT2D eigenvalue weighted by molar-refractivity contribution is 6.29. The molecule has 0 fully saturated rings. The summed E-state index contributed by atoms with van der Waals surface area (Å²) in [4.78, 5) is 32.2. The van der Waals surface area contributed by atoms with E-state index in [0.29, 0.717) is 6.42 Å². The van der Waals surface area contributed by atoms with Crippen molar-refractivity contribution in [1.29, 1.82) is 0 Å². The molecule has 0 atom stereocenters. The predicted octanol–water partition coefficient (Wildman–Crippen LogP) is 8.95. The van der Waals surface area contributed by atoms with Crippen molar-refractivity contribution in [2.45, 2.75) is 168 Å². The van der Waals surface area contributed by atoms with Gasteiger partial charge in [-0.2, -0.15) is 4.89 Å².